The highest BCUT2D eigenvalue weighted by atomic mass is 14.4. The van der Waals surface area contributed by atoms with Crippen LogP contribution >= 0.6 is 0 Å². The Bertz CT molecular complexity index is 8270. The van der Waals surface area contributed by atoms with E-state index in [2.05, 4.69) is 452 Å². The maximum absolute atomic E-state index is 2.45. The first kappa shape index (κ1) is 71.1. The molecule has 2 aliphatic carbocycles. The summed E-state index contributed by atoms with van der Waals surface area (Å²) in [7, 11) is 0. The molecule has 0 radical (unpaired) electrons. The fourth-order valence-corrected chi connectivity index (χ4v) is 22.3. The lowest BCUT2D eigenvalue weighted by Gasteiger charge is -2.26. The van der Waals surface area contributed by atoms with E-state index in [0.717, 1.165) is 0 Å². The van der Waals surface area contributed by atoms with Crippen molar-refractivity contribution in [3.8, 4) is 111 Å². The van der Waals surface area contributed by atoms with E-state index in [0.29, 0.717) is 0 Å². The fourth-order valence-electron chi connectivity index (χ4n) is 22.3. The van der Waals surface area contributed by atoms with Gasteiger partial charge in [0.1, 0.15) is 0 Å². The predicted molar refractivity (Wildman–Crippen MR) is 524 cm³/mol. The Morgan fingerprint density at radius 1 is 0.123 bits per heavy atom. The molecular formula is C122H82. The summed E-state index contributed by atoms with van der Waals surface area (Å²) in [6.07, 6.45) is 0. The van der Waals surface area contributed by atoms with Gasteiger partial charge in [-0.25, -0.2) is 0 Å². The summed E-state index contributed by atoms with van der Waals surface area (Å²) < 4.78 is 0. The quantitative estimate of drug-likeness (QED) is 0.105. The maximum Gasteiger partial charge on any atom is 0.0171 e. The highest BCUT2D eigenvalue weighted by Crippen LogP contribution is 2.60. The van der Waals surface area contributed by atoms with E-state index < -0.39 is 0 Å². The van der Waals surface area contributed by atoms with Crippen molar-refractivity contribution in [2.45, 2.75) is 38.5 Å². The molecule has 0 unspecified atom stereocenters. The molecule has 122 heavy (non-hydrogen) atoms. The van der Waals surface area contributed by atoms with Crippen LogP contribution in [0.1, 0.15) is 49.9 Å². The van der Waals surface area contributed by atoms with E-state index in [9.17, 15) is 0 Å². The van der Waals surface area contributed by atoms with Gasteiger partial charge >= 0.3 is 0 Å². The zero-order valence-corrected chi connectivity index (χ0v) is 68.4. The minimum Gasteiger partial charge on any atom is -0.0616 e. The third-order valence-electron chi connectivity index (χ3n) is 27.3. The molecule has 0 N–H and O–H groups in total. The van der Waals surface area contributed by atoms with Crippen molar-refractivity contribution in [3.05, 3.63) is 447 Å². The number of hydrogen-bond acceptors (Lipinski definition) is 0. The average Bonchev–Trinajstić information content (AvgIpc) is 1.48. The molecule has 25 rings (SSSR count). The zero-order chi connectivity index (χ0) is 81.1. The molecule has 23 aromatic rings. The molecule has 0 bridgehead atoms. The number of fused-ring (bicyclic) bond motifs is 24. The summed E-state index contributed by atoms with van der Waals surface area (Å²) in [6, 6.07) is 158. The van der Waals surface area contributed by atoms with Gasteiger partial charge in [-0.1, -0.05) is 422 Å². The smallest absolute Gasteiger partial charge is 0.0171 e. The van der Waals surface area contributed by atoms with Crippen molar-refractivity contribution < 1.29 is 0 Å². The first-order chi connectivity index (χ1) is 60.1. The van der Waals surface area contributed by atoms with E-state index in [1.54, 1.807) is 0 Å². The molecule has 0 aromatic heterocycles. The molecule has 0 spiro atoms. The van der Waals surface area contributed by atoms with E-state index >= 15 is 0 Å². The predicted octanol–water partition coefficient (Wildman–Crippen LogP) is 34.0. The Labute approximate surface area is 710 Å². The monoisotopic (exact) mass is 1550 g/mol. The van der Waals surface area contributed by atoms with Crippen LogP contribution in [0.4, 0.5) is 0 Å². The lowest BCUT2D eigenvalue weighted by atomic mass is 9.76. The van der Waals surface area contributed by atoms with Crippen molar-refractivity contribution in [1.82, 2.24) is 0 Å². The van der Waals surface area contributed by atoms with Crippen LogP contribution in [-0.4, -0.2) is 0 Å². The van der Waals surface area contributed by atoms with Crippen LogP contribution in [-0.2, 0) is 10.8 Å². The topological polar surface area (TPSA) is 0 Å². The SMILES string of the molecule is CC1(C)c2c(-c3cccc(-c4c5ccccc5c(-c5cccc(-c6ccc7ccccc7c6)c5)c5ccccc45)c3)cccc2-c2c1c1ccccc1c1ccccc21.CC1(C)c2c(-c3cccc(-c4c5ccccc5c(-c5ccccc5-c5cc6ccccc6c6ccccc56)c5ccccc45)c3)cccc2-c2c1c1ccccc1c1ccccc21. The van der Waals surface area contributed by atoms with Crippen LogP contribution in [0.2, 0.25) is 0 Å². The highest BCUT2D eigenvalue weighted by molar-refractivity contribution is 6.27. The summed E-state index contributed by atoms with van der Waals surface area (Å²) >= 11 is 0. The molecule has 0 saturated carbocycles. The number of hydrogen-bond donors (Lipinski definition) is 0. The lowest BCUT2D eigenvalue weighted by molar-refractivity contribution is 0.668. The van der Waals surface area contributed by atoms with Gasteiger partial charge in [0.2, 0.25) is 0 Å². The second-order valence-corrected chi connectivity index (χ2v) is 34.6. The highest BCUT2D eigenvalue weighted by Gasteiger charge is 2.42. The van der Waals surface area contributed by atoms with Crippen molar-refractivity contribution >= 4 is 118 Å². The lowest BCUT2D eigenvalue weighted by Crippen LogP contribution is -2.17. The second-order valence-electron chi connectivity index (χ2n) is 34.6. The molecule has 0 amide bonds. The standard InChI is InChI=1S/C63H42.C59H40/c1-63(2)61-43(35-18-36-56(61)60-50-29-11-7-24-45(50)46-25-9-16-34-55(46)62(60)63)39-20-17-21-41(37-39)58-51-30-12-14-32-53(51)59(54-33-15-13-31-52(54)58)49-28-10-8-27-48(49)57-38-40-19-3-4-22-42(40)44-23-5-6-26-47(44)57;1-59(2)57-44(30-15-31-53(57)56-47-24-7-5-22-45(47)46-23-6-12-29-52(46)58(56)59)41-19-14-21-43(36-41)55-50-27-10-8-25-48(50)54(49-26-9-11-28-51(49)55)42-20-13-18-39(35-42)40-33-32-37-16-3-4-17-38(37)34-40/h3-38H,1-2H3;3-36H,1-2H3. The van der Waals surface area contributed by atoms with Gasteiger partial charge in [-0.15, -0.1) is 0 Å². The van der Waals surface area contributed by atoms with E-state index in [-0.39, 0.29) is 10.8 Å². The summed E-state index contributed by atoms with van der Waals surface area (Å²) in [5.74, 6) is 0. The second kappa shape index (κ2) is 27.8. The molecule has 0 nitrogen and oxygen atoms in total. The van der Waals surface area contributed by atoms with E-state index in [1.165, 1.54) is 252 Å². The number of benzene rings is 23. The van der Waals surface area contributed by atoms with Crippen molar-refractivity contribution in [2.24, 2.45) is 0 Å². The van der Waals surface area contributed by atoms with Crippen molar-refractivity contribution in [3.63, 3.8) is 0 Å². The van der Waals surface area contributed by atoms with Crippen LogP contribution < -0.4 is 0 Å². The molecule has 0 saturated heterocycles. The van der Waals surface area contributed by atoms with Crippen LogP contribution in [0, 0.1) is 0 Å². The van der Waals surface area contributed by atoms with Gasteiger partial charge < -0.3 is 0 Å². The fraction of sp³-hybridized carbons (Fsp3) is 0.0492. The molecule has 0 aliphatic heterocycles. The molecule has 2 aliphatic rings. The zero-order valence-electron chi connectivity index (χ0n) is 68.4. The molecule has 0 heteroatoms. The molecule has 570 valence electrons. The van der Waals surface area contributed by atoms with Crippen LogP contribution in [0.15, 0.2) is 425 Å². The first-order valence-electron chi connectivity index (χ1n) is 42.9. The Kier molecular flexibility index (Phi) is 16.2. The van der Waals surface area contributed by atoms with Crippen LogP contribution in [0.5, 0.6) is 0 Å². The number of rotatable bonds is 8. The van der Waals surface area contributed by atoms with Crippen molar-refractivity contribution in [2.75, 3.05) is 0 Å². The molecule has 23 aromatic carbocycles. The van der Waals surface area contributed by atoms with Crippen LogP contribution in [0.25, 0.3) is 230 Å². The van der Waals surface area contributed by atoms with Gasteiger partial charge in [-0.2, -0.15) is 0 Å². The van der Waals surface area contributed by atoms with Gasteiger partial charge in [0.05, 0.1) is 0 Å². The van der Waals surface area contributed by atoms with E-state index in [1.807, 2.05) is 0 Å². The first-order valence-corrected chi connectivity index (χ1v) is 42.9. The van der Waals surface area contributed by atoms with Gasteiger partial charge in [-0.3, -0.25) is 0 Å². The third kappa shape index (κ3) is 10.8. The largest absolute Gasteiger partial charge is 0.0616 e. The van der Waals surface area contributed by atoms with Crippen LogP contribution in [0.3, 0.4) is 0 Å². The Morgan fingerprint density at radius 3 is 0.828 bits per heavy atom. The van der Waals surface area contributed by atoms with E-state index in [4.69, 9.17) is 0 Å². The van der Waals surface area contributed by atoms with Gasteiger partial charge in [-0.05, 0) is 282 Å². The van der Waals surface area contributed by atoms with Gasteiger partial charge in [0.15, 0.2) is 0 Å². The molecular weight excluding hydrogens is 1470 g/mol. The Morgan fingerprint density at radius 2 is 0.393 bits per heavy atom. The van der Waals surface area contributed by atoms with Crippen molar-refractivity contribution in [1.29, 1.82) is 0 Å². The molecule has 0 atom stereocenters. The summed E-state index contributed by atoms with van der Waals surface area (Å²) in [6.45, 7) is 9.73. The summed E-state index contributed by atoms with van der Waals surface area (Å²) in [5, 5.41) is 28.3. The average molecular weight is 1550 g/mol. The minimum absolute atomic E-state index is 0.205. The molecule has 0 heterocycles. The summed E-state index contributed by atoms with van der Waals surface area (Å²) in [4.78, 5) is 0. The van der Waals surface area contributed by atoms with Gasteiger partial charge in [0, 0.05) is 10.8 Å². The maximum atomic E-state index is 2.45. The normalized spacial score (nSPS) is 13.0. The Hall–Kier alpha value is -15.1. The third-order valence-corrected chi connectivity index (χ3v) is 27.3. The van der Waals surface area contributed by atoms with Gasteiger partial charge in [0.25, 0.3) is 0 Å². The minimum atomic E-state index is -0.217. The molecule has 0 fully saturated rings. The summed E-state index contributed by atoms with van der Waals surface area (Å²) in [5.41, 5.74) is 30.8. The Balaban J connectivity index is 0.000000138.